The number of halogens is 3. The number of benzene rings is 1. The number of ether oxygens (including phenoxy) is 1. The fourth-order valence-electron chi connectivity index (χ4n) is 1.27. The Labute approximate surface area is 112 Å². The van der Waals surface area contributed by atoms with Gasteiger partial charge in [0.1, 0.15) is 11.6 Å². The monoisotopic (exact) mass is 315 g/mol. The molecule has 1 heterocycles. The Kier molecular flexibility index (Phi) is 3.64. The van der Waals surface area contributed by atoms with E-state index in [1.807, 2.05) is 0 Å². The van der Waals surface area contributed by atoms with Crippen LogP contribution in [0.15, 0.2) is 34.9 Å². The van der Waals surface area contributed by atoms with Gasteiger partial charge < -0.3 is 4.74 Å². The third kappa shape index (κ3) is 2.96. The molecule has 0 aliphatic rings. The van der Waals surface area contributed by atoms with E-state index in [4.69, 9.17) is 16.3 Å². The molecule has 1 aromatic carbocycles. The molecule has 5 heteroatoms. The van der Waals surface area contributed by atoms with Gasteiger partial charge in [0.2, 0.25) is 5.88 Å². The van der Waals surface area contributed by atoms with Crippen LogP contribution in [0, 0.1) is 12.7 Å². The highest BCUT2D eigenvalue weighted by molar-refractivity contribution is 9.10. The molecule has 0 saturated carbocycles. The van der Waals surface area contributed by atoms with Gasteiger partial charge in [0, 0.05) is 6.20 Å². The lowest BCUT2D eigenvalue weighted by Gasteiger charge is -2.07. The van der Waals surface area contributed by atoms with Crippen LogP contribution >= 0.6 is 27.5 Å². The van der Waals surface area contributed by atoms with Crippen molar-refractivity contribution in [2.24, 2.45) is 0 Å². The molecule has 88 valence electrons. The Balaban J connectivity index is 2.28. The zero-order valence-electron chi connectivity index (χ0n) is 8.88. The first-order valence-electron chi connectivity index (χ1n) is 4.81. The fourth-order valence-corrected chi connectivity index (χ4v) is 1.99. The predicted octanol–water partition coefficient (Wildman–Crippen LogP) is 4.74. The number of nitrogens with zero attached hydrogens (tertiary/aromatic N) is 1. The van der Waals surface area contributed by atoms with E-state index < -0.39 is 0 Å². The lowest BCUT2D eigenvalue weighted by Crippen LogP contribution is -1.90. The minimum Gasteiger partial charge on any atom is -0.438 e. The molecule has 0 fully saturated rings. The predicted molar refractivity (Wildman–Crippen MR) is 68.2 cm³/mol. The van der Waals surface area contributed by atoms with E-state index in [1.54, 1.807) is 25.1 Å². The highest BCUT2D eigenvalue weighted by Gasteiger charge is 2.06. The highest BCUT2D eigenvalue weighted by atomic mass is 79.9. The smallest absolute Gasteiger partial charge is 0.233 e. The molecule has 0 aliphatic heterocycles. The summed E-state index contributed by atoms with van der Waals surface area (Å²) in [5.41, 5.74) is 0.521. The second kappa shape index (κ2) is 5.02. The van der Waals surface area contributed by atoms with Crippen LogP contribution in [0.4, 0.5) is 4.39 Å². The number of hydrogen-bond acceptors (Lipinski definition) is 2. The summed E-state index contributed by atoms with van der Waals surface area (Å²) in [6.07, 6.45) is 1.48. The molecular weight excluding hydrogens is 308 g/mol. The summed E-state index contributed by atoms with van der Waals surface area (Å²) in [5.74, 6) is 0.653. The molecule has 0 unspecified atom stereocenters. The van der Waals surface area contributed by atoms with Crippen LogP contribution in [0.2, 0.25) is 5.02 Å². The molecule has 0 saturated heterocycles. The van der Waals surface area contributed by atoms with Crippen LogP contribution in [-0.2, 0) is 0 Å². The molecule has 2 nitrogen and oxygen atoms in total. The lowest BCUT2D eigenvalue weighted by molar-refractivity contribution is 0.457. The van der Waals surface area contributed by atoms with Gasteiger partial charge in [0.25, 0.3) is 0 Å². The molecule has 0 bridgehead atoms. The maximum atomic E-state index is 13.1. The van der Waals surface area contributed by atoms with Crippen molar-refractivity contribution < 1.29 is 9.13 Å². The largest absolute Gasteiger partial charge is 0.438 e. The van der Waals surface area contributed by atoms with Gasteiger partial charge in [-0.2, -0.15) is 0 Å². The summed E-state index contributed by atoms with van der Waals surface area (Å²) < 4.78 is 19.2. The van der Waals surface area contributed by atoms with Gasteiger partial charge in [-0.15, -0.1) is 0 Å². The standard InChI is InChI=1S/C12H8BrClFNO/c1-7-4-9(2-3-11(7)15)17-12-10(13)5-8(14)6-16-12/h2-6H,1H3. The van der Waals surface area contributed by atoms with Crippen molar-refractivity contribution in [3.8, 4) is 11.6 Å². The zero-order valence-corrected chi connectivity index (χ0v) is 11.2. The normalized spacial score (nSPS) is 10.4. The second-order valence-electron chi connectivity index (χ2n) is 3.45. The Morgan fingerprint density at radius 1 is 1.35 bits per heavy atom. The van der Waals surface area contributed by atoms with Gasteiger partial charge in [-0.1, -0.05) is 11.6 Å². The van der Waals surface area contributed by atoms with Crippen molar-refractivity contribution in [3.05, 3.63) is 51.3 Å². The number of pyridine rings is 1. The molecule has 0 amide bonds. The average molecular weight is 317 g/mol. The Morgan fingerprint density at radius 2 is 2.12 bits per heavy atom. The van der Waals surface area contributed by atoms with Crippen molar-refractivity contribution in [1.29, 1.82) is 0 Å². The van der Waals surface area contributed by atoms with Crippen LogP contribution in [0.25, 0.3) is 0 Å². The third-order valence-electron chi connectivity index (χ3n) is 2.12. The topological polar surface area (TPSA) is 22.1 Å². The third-order valence-corrected chi connectivity index (χ3v) is 2.89. The van der Waals surface area contributed by atoms with Gasteiger partial charge in [0.15, 0.2) is 0 Å². The molecule has 0 aliphatic carbocycles. The SMILES string of the molecule is Cc1cc(Oc2ncc(Cl)cc2Br)ccc1F. The highest BCUT2D eigenvalue weighted by Crippen LogP contribution is 2.29. The zero-order chi connectivity index (χ0) is 12.4. The van der Waals surface area contributed by atoms with Crippen LogP contribution in [0.5, 0.6) is 11.6 Å². The summed E-state index contributed by atoms with van der Waals surface area (Å²) in [5, 5.41) is 0.513. The number of aryl methyl sites for hydroxylation is 1. The van der Waals surface area contributed by atoms with E-state index >= 15 is 0 Å². The summed E-state index contributed by atoms with van der Waals surface area (Å²) in [6.45, 7) is 1.67. The van der Waals surface area contributed by atoms with E-state index in [2.05, 4.69) is 20.9 Å². The average Bonchev–Trinajstić information content (AvgIpc) is 2.27. The first kappa shape index (κ1) is 12.3. The Bertz CT molecular complexity index is 562. The molecule has 0 radical (unpaired) electrons. The van der Waals surface area contributed by atoms with Gasteiger partial charge in [-0.25, -0.2) is 9.37 Å². The first-order valence-corrected chi connectivity index (χ1v) is 5.98. The van der Waals surface area contributed by atoms with Crippen molar-refractivity contribution in [2.45, 2.75) is 6.92 Å². The van der Waals surface area contributed by atoms with E-state index in [9.17, 15) is 4.39 Å². The molecule has 2 rings (SSSR count). The molecule has 0 N–H and O–H groups in total. The molecule has 17 heavy (non-hydrogen) atoms. The Morgan fingerprint density at radius 3 is 2.76 bits per heavy atom. The molecule has 0 atom stereocenters. The van der Waals surface area contributed by atoms with Gasteiger partial charge in [0.05, 0.1) is 9.50 Å². The lowest BCUT2D eigenvalue weighted by atomic mass is 10.2. The molecule has 0 spiro atoms. The number of hydrogen-bond donors (Lipinski definition) is 0. The van der Waals surface area contributed by atoms with E-state index in [0.29, 0.717) is 26.7 Å². The minimum absolute atomic E-state index is 0.263. The fraction of sp³-hybridized carbons (Fsp3) is 0.0833. The van der Waals surface area contributed by atoms with Crippen LogP contribution in [-0.4, -0.2) is 4.98 Å². The summed E-state index contributed by atoms with van der Waals surface area (Å²) in [6, 6.07) is 6.19. The van der Waals surface area contributed by atoms with Crippen LogP contribution in [0.1, 0.15) is 5.56 Å². The van der Waals surface area contributed by atoms with Crippen molar-refractivity contribution >= 4 is 27.5 Å². The van der Waals surface area contributed by atoms with Crippen LogP contribution in [0.3, 0.4) is 0 Å². The summed E-state index contributed by atoms with van der Waals surface area (Å²) in [4.78, 5) is 4.03. The van der Waals surface area contributed by atoms with Crippen molar-refractivity contribution in [3.63, 3.8) is 0 Å². The second-order valence-corrected chi connectivity index (χ2v) is 4.74. The van der Waals surface area contributed by atoms with Crippen LogP contribution < -0.4 is 4.74 Å². The molecule has 2 aromatic rings. The first-order chi connectivity index (χ1) is 8.06. The molecular formula is C12H8BrClFNO. The maximum absolute atomic E-state index is 13.1. The number of rotatable bonds is 2. The number of aromatic nitrogens is 1. The van der Waals surface area contributed by atoms with Gasteiger partial charge >= 0.3 is 0 Å². The van der Waals surface area contributed by atoms with Crippen molar-refractivity contribution in [1.82, 2.24) is 4.98 Å². The minimum atomic E-state index is -0.263. The summed E-state index contributed by atoms with van der Waals surface area (Å²) in [7, 11) is 0. The van der Waals surface area contributed by atoms with Gasteiger partial charge in [-0.3, -0.25) is 0 Å². The Hall–Kier alpha value is -1.13. The summed E-state index contributed by atoms with van der Waals surface area (Å²) >= 11 is 9.06. The van der Waals surface area contributed by atoms with E-state index in [-0.39, 0.29) is 5.82 Å². The van der Waals surface area contributed by atoms with Crippen molar-refractivity contribution in [2.75, 3.05) is 0 Å². The quantitative estimate of drug-likeness (QED) is 0.798. The van der Waals surface area contributed by atoms with E-state index in [0.717, 1.165) is 0 Å². The van der Waals surface area contributed by atoms with Gasteiger partial charge in [-0.05, 0) is 52.7 Å². The molecule has 1 aromatic heterocycles. The van der Waals surface area contributed by atoms with E-state index in [1.165, 1.54) is 12.3 Å². The maximum Gasteiger partial charge on any atom is 0.233 e.